The number of hydrogen-bond donors (Lipinski definition) is 7. The summed E-state index contributed by atoms with van der Waals surface area (Å²) in [6, 6.07) is 9.32. The SMILES string of the molecule is C[C@@H]1NC(=O)[C@H](NC(=O)C(N)Cc2ccc(O)cc2)C(C)(C)SSC(C)(C)[C@H](C(=O)O)NC(=O)[C@H](Cc2ccccc2)NC1=O. The summed E-state index contributed by atoms with van der Waals surface area (Å²) in [4.78, 5) is 66.2. The summed E-state index contributed by atoms with van der Waals surface area (Å²) in [7, 11) is 2.32. The lowest BCUT2D eigenvalue weighted by Gasteiger charge is -2.38. The van der Waals surface area contributed by atoms with Crippen LogP contribution in [0.4, 0.5) is 0 Å². The van der Waals surface area contributed by atoms with E-state index in [-0.39, 0.29) is 18.6 Å². The van der Waals surface area contributed by atoms with Crippen molar-refractivity contribution in [1.82, 2.24) is 21.3 Å². The molecule has 1 heterocycles. The zero-order chi connectivity index (χ0) is 33.5. The van der Waals surface area contributed by atoms with Crippen molar-refractivity contribution in [1.29, 1.82) is 0 Å². The van der Waals surface area contributed by atoms with Gasteiger partial charge in [0.25, 0.3) is 0 Å². The summed E-state index contributed by atoms with van der Waals surface area (Å²) in [5, 5.41) is 30.3. The van der Waals surface area contributed by atoms with Gasteiger partial charge < -0.3 is 37.2 Å². The molecule has 2 aromatic rings. The number of hydrogen-bond acceptors (Lipinski definition) is 9. The van der Waals surface area contributed by atoms with Gasteiger partial charge in [-0.25, -0.2) is 4.79 Å². The third-order valence-corrected chi connectivity index (χ3v) is 11.6. The predicted octanol–water partition coefficient (Wildman–Crippen LogP) is 1.50. The van der Waals surface area contributed by atoms with Crippen molar-refractivity contribution in [3.05, 3.63) is 65.7 Å². The Balaban J connectivity index is 1.93. The van der Waals surface area contributed by atoms with Crippen molar-refractivity contribution in [2.24, 2.45) is 5.73 Å². The van der Waals surface area contributed by atoms with Gasteiger partial charge >= 0.3 is 5.97 Å². The van der Waals surface area contributed by atoms with E-state index < -0.39 is 69.3 Å². The highest BCUT2D eigenvalue weighted by Crippen LogP contribution is 2.46. The Labute approximate surface area is 270 Å². The molecule has 1 aliphatic rings. The maximum Gasteiger partial charge on any atom is 0.327 e. The number of amides is 4. The summed E-state index contributed by atoms with van der Waals surface area (Å²) >= 11 is 0. The molecule has 4 amide bonds. The number of phenolic OH excluding ortho intramolecular Hbond substituents is 1. The molecule has 0 bridgehead atoms. The van der Waals surface area contributed by atoms with Crippen molar-refractivity contribution in [2.75, 3.05) is 0 Å². The Morgan fingerprint density at radius 3 is 2.07 bits per heavy atom. The quantitative estimate of drug-likeness (QED) is 0.214. The molecule has 0 aliphatic carbocycles. The standard InChI is InChI=1S/C31H41N5O7S2/c1-17-25(38)34-22(16-18-9-7-6-8-10-18)27(40)36-24(29(42)43)31(4,5)45-44-30(2,3)23(28(41)33-17)35-26(39)21(32)15-19-11-13-20(37)14-12-19/h6-14,17,21-24,37H,15-16,32H2,1-5H3,(H,33,41)(H,34,38)(H,35,39)(H,36,40)(H,42,43)/t17-,21?,22-,23-,24-/m0/s1. The fourth-order valence-corrected chi connectivity index (χ4v) is 7.40. The van der Waals surface area contributed by atoms with Gasteiger partial charge in [-0.05, 0) is 64.3 Å². The number of carboxylic acid groups (broad SMARTS) is 1. The van der Waals surface area contributed by atoms with Crippen LogP contribution >= 0.6 is 21.6 Å². The Kier molecular flexibility index (Phi) is 11.9. The van der Waals surface area contributed by atoms with Crippen molar-refractivity contribution in [3.63, 3.8) is 0 Å². The predicted molar refractivity (Wildman–Crippen MR) is 174 cm³/mol. The molecule has 1 fully saturated rings. The van der Waals surface area contributed by atoms with Gasteiger partial charge in [-0.3, -0.25) is 19.2 Å². The number of nitrogens with one attached hydrogen (secondary N) is 4. The zero-order valence-electron chi connectivity index (χ0n) is 25.8. The molecular weight excluding hydrogens is 619 g/mol. The average Bonchev–Trinajstić information content (AvgIpc) is 2.97. The lowest BCUT2D eigenvalue weighted by atomic mass is 9.99. The molecule has 1 unspecified atom stereocenters. The van der Waals surface area contributed by atoms with Gasteiger partial charge in [0.1, 0.15) is 29.9 Å². The third-order valence-electron chi connectivity index (χ3n) is 7.34. The highest BCUT2D eigenvalue weighted by atomic mass is 33.1. The molecular formula is C31H41N5O7S2. The van der Waals surface area contributed by atoms with Crippen LogP contribution in [0.15, 0.2) is 54.6 Å². The number of rotatable bonds is 7. The van der Waals surface area contributed by atoms with Crippen LogP contribution in [-0.4, -0.2) is 79.5 Å². The molecule has 0 saturated carbocycles. The maximum absolute atomic E-state index is 13.7. The van der Waals surface area contributed by atoms with Crippen LogP contribution in [0.25, 0.3) is 0 Å². The van der Waals surface area contributed by atoms with Crippen LogP contribution in [0.3, 0.4) is 0 Å². The number of benzene rings is 2. The second kappa shape index (κ2) is 15.0. The molecule has 5 atom stereocenters. The third kappa shape index (κ3) is 9.87. The number of aromatic hydroxyl groups is 1. The Bertz CT molecular complexity index is 1390. The van der Waals surface area contributed by atoms with Crippen LogP contribution in [0.2, 0.25) is 0 Å². The van der Waals surface area contributed by atoms with E-state index in [0.717, 1.165) is 16.4 Å². The van der Waals surface area contributed by atoms with Crippen LogP contribution in [0.1, 0.15) is 45.7 Å². The minimum atomic E-state index is -1.37. The van der Waals surface area contributed by atoms with E-state index >= 15 is 0 Å². The van der Waals surface area contributed by atoms with Gasteiger partial charge in [-0.1, -0.05) is 64.1 Å². The first kappa shape index (κ1) is 35.7. The smallest absolute Gasteiger partial charge is 0.327 e. The van der Waals surface area contributed by atoms with Gasteiger partial charge in [0, 0.05) is 11.2 Å². The number of carbonyl (C=O) groups is 5. The van der Waals surface area contributed by atoms with Gasteiger partial charge in [-0.15, -0.1) is 0 Å². The second-order valence-electron chi connectivity index (χ2n) is 12.1. The summed E-state index contributed by atoms with van der Waals surface area (Å²) < 4.78 is -2.16. The van der Waals surface area contributed by atoms with E-state index in [1.165, 1.54) is 29.9 Å². The van der Waals surface area contributed by atoms with Crippen molar-refractivity contribution in [3.8, 4) is 5.75 Å². The molecule has 3 rings (SSSR count). The molecule has 0 spiro atoms. The largest absolute Gasteiger partial charge is 0.508 e. The van der Waals surface area contributed by atoms with E-state index in [2.05, 4.69) is 21.3 Å². The van der Waals surface area contributed by atoms with Gasteiger partial charge in [0.15, 0.2) is 0 Å². The number of nitrogens with two attached hydrogens (primary N) is 1. The number of aliphatic carboxylic acids is 1. The molecule has 244 valence electrons. The molecule has 1 aliphatic heterocycles. The molecule has 0 radical (unpaired) electrons. The van der Waals surface area contributed by atoms with E-state index in [4.69, 9.17) is 5.73 Å². The first-order chi connectivity index (χ1) is 21.0. The zero-order valence-corrected chi connectivity index (χ0v) is 27.5. The highest BCUT2D eigenvalue weighted by Gasteiger charge is 2.45. The van der Waals surface area contributed by atoms with Gasteiger partial charge in [0.2, 0.25) is 23.6 Å². The normalized spacial score (nSPS) is 24.6. The number of carboxylic acids is 1. The van der Waals surface area contributed by atoms with E-state index in [1.54, 1.807) is 64.1 Å². The van der Waals surface area contributed by atoms with Gasteiger partial charge in [-0.2, -0.15) is 0 Å². The Morgan fingerprint density at radius 1 is 0.867 bits per heavy atom. The minimum absolute atomic E-state index is 0.0709. The molecule has 1 saturated heterocycles. The Hall–Kier alpha value is -3.75. The fourth-order valence-electron chi connectivity index (χ4n) is 4.59. The number of phenols is 1. The van der Waals surface area contributed by atoms with Crippen molar-refractivity contribution in [2.45, 2.75) is 87.2 Å². The minimum Gasteiger partial charge on any atom is -0.508 e. The van der Waals surface area contributed by atoms with Crippen LogP contribution < -0.4 is 27.0 Å². The lowest BCUT2D eigenvalue weighted by Crippen LogP contribution is -2.63. The topological polar surface area (TPSA) is 200 Å². The molecule has 8 N–H and O–H groups in total. The molecule has 2 aromatic carbocycles. The first-order valence-corrected chi connectivity index (χ1v) is 16.5. The van der Waals surface area contributed by atoms with Crippen molar-refractivity contribution >= 4 is 51.2 Å². The molecule has 45 heavy (non-hydrogen) atoms. The van der Waals surface area contributed by atoms with Crippen LogP contribution in [0.5, 0.6) is 5.75 Å². The van der Waals surface area contributed by atoms with Crippen LogP contribution in [-0.2, 0) is 36.8 Å². The number of carbonyl (C=O) groups excluding carboxylic acids is 4. The van der Waals surface area contributed by atoms with E-state index in [1.807, 2.05) is 6.07 Å². The van der Waals surface area contributed by atoms with E-state index in [9.17, 15) is 34.2 Å². The molecule has 12 nitrogen and oxygen atoms in total. The van der Waals surface area contributed by atoms with Crippen molar-refractivity contribution < 1.29 is 34.2 Å². The maximum atomic E-state index is 13.7. The summed E-state index contributed by atoms with van der Waals surface area (Å²) in [6.07, 6.45) is 0.218. The summed E-state index contributed by atoms with van der Waals surface area (Å²) in [5.74, 6) is -3.82. The van der Waals surface area contributed by atoms with E-state index in [0.29, 0.717) is 5.56 Å². The Morgan fingerprint density at radius 2 is 1.47 bits per heavy atom. The van der Waals surface area contributed by atoms with Crippen LogP contribution in [0, 0.1) is 0 Å². The molecule has 0 aromatic heterocycles. The fraction of sp³-hybridized carbons (Fsp3) is 0.452. The van der Waals surface area contributed by atoms with Gasteiger partial charge in [0.05, 0.1) is 10.8 Å². The average molecular weight is 660 g/mol. The molecule has 14 heteroatoms. The monoisotopic (exact) mass is 659 g/mol. The second-order valence-corrected chi connectivity index (χ2v) is 15.5. The summed E-state index contributed by atoms with van der Waals surface area (Å²) in [5.41, 5.74) is 7.63. The summed E-state index contributed by atoms with van der Waals surface area (Å²) in [6.45, 7) is 8.17. The highest BCUT2D eigenvalue weighted by molar-refractivity contribution is 8.77. The lowest BCUT2D eigenvalue weighted by molar-refractivity contribution is -0.143. The first-order valence-electron chi connectivity index (χ1n) is 14.4.